The molecule has 1 unspecified atom stereocenters. The molecule has 0 radical (unpaired) electrons. The highest BCUT2D eigenvalue weighted by Crippen LogP contribution is 2.41. The Labute approximate surface area is 166 Å². The Morgan fingerprint density at radius 3 is 2.25 bits per heavy atom. The van der Waals surface area contributed by atoms with Crippen molar-refractivity contribution in [3.63, 3.8) is 0 Å². The van der Waals surface area contributed by atoms with Gasteiger partial charge < -0.3 is 18.8 Å². The summed E-state index contributed by atoms with van der Waals surface area (Å²) < 4.78 is 24.3. The number of rotatable bonds is 3. The molecule has 0 spiro atoms. The third kappa shape index (κ3) is 3.09. The molecular formula is C22H26BNO4. The number of hydrogen-bond donors (Lipinski definition) is 0. The van der Waals surface area contributed by atoms with Gasteiger partial charge in [-0.3, -0.25) is 0 Å². The lowest BCUT2D eigenvalue weighted by Crippen LogP contribution is -2.41. The summed E-state index contributed by atoms with van der Waals surface area (Å²) in [6.45, 7) is 8.62. The quantitative estimate of drug-likeness (QED) is 0.760. The van der Waals surface area contributed by atoms with Crippen molar-refractivity contribution < 1.29 is 18.8 Å². The first-order valence-corrected chi connectivity index (χ1v) is 10.1. The number of benzene rings is 1. The minimum absolute atomic E-state index is 0.143. The van der Waals surface area contributed by atoms with E-state index in [9.17, 15) is 0 Å². The van der Waals surface area contributed by atoms with Crippen LogP contribution in [0.3, 0.4) is 0 Å². The molecule has 1 atom stereocenters. The van der Waals surface area contributed by atoms with Crippen LogP contribution in [0.4, 0.5) is 0 Å². The highest BCUT2D eigenvalue weighted by Gasteiger charge is 2.52. The Kier molecular flexibility index (Phi) is 4.01. The van der Waals surface area contributed by atoms with Crippen molar-refractivity contribution in [3.8, 4) is 11.6 Å². The zero-order valence-corrected chi connectivity index (χ0v) is 16.9. The largest absolute Gasteiger partial charge is 0.496 e. The Morgan fingerprint density at radius 2 is 1.61 bits per heavy atom. The summed E-state index contributed by atoms with van der Waals surface area (Å²) in [5.74, 6) is 1.91. The van der Waals surface area contributed by atoms with Gasteiger partial charge in [-0.15, -0.1) is 0 Å². The second-order valence-corrected chi connectivity index (χ2v) is 9.02. The van der Waals surface area contributed by atoms with Crippen LogP contribution in [-0.2, 0) is 9.31 Å². The minimum atomic E-state index is -0.459. The predicted molar refractivity (Wildman–Crippen MR) is 107 cm³/mol. The van der Waals surface area contributed by atoms with Crippen LogP contribution in [-0.4, -0.2) is 29.9 Å². The molecule has 5 rings (SSSR count). The summed E-state index contributed by atoms with van der Waals surface area (Å²) in [5.41, 5.74) is 2.61. The number of ether oxygens (including phenoxy) is 2. The maximum Gasteiger partial charge on any atom is 0.496 e. The number of nitrogens with zero attached hydrogens (tertiary/aromatic N) is 1. The Hall–Kier alpha value is -2.05. The predicted octanol–water partition coefficient (Wildman–Crippen LogP) is 3.77. The molecule has 146 valence electrons. The molecule has 1 saturated carbocycles. The van der Waals surface area contributed by atoms with Gasteiger partial charge in [-0.05, 0) is 63.6 Å². The second kappa shape index (κ2) is 6.23. The molecule has 3 aliphatic rings. The van der Waals surface area contributed by atoms with Crippen LogP contribution in [0.1, 0.15) is 63.7 Å². The van der Waals surface area contributed by atoms with E-state index in [1.54, 1.807) is 6.20 Å². The Balaban J connectivity index is 1.32. The maximum atomic E-state index is 6.12. The van der Waals surface area contributed by atoms with Crippen molar-refractivity contribution in [2.45, 2.75) is 63.8 Å². The van der Waals surface area contributed by atoms with Crippen LogP contribution in [0.25, 0.3) is 0 Å². The Morgan fingerprint density at radius 1 is 0.964 bits per heavy atom. The fourth-order valence-electron chi connectivity index (χ4n) is 3.65. The summed E-state index contributed by atoms with van der Waals surface area (Å²) in [5, 5.41) is 0. The van der Waals surface area contributed by atoms with Crippen LogP contribution in [0.15, 0.2) is 36.5 Å². The van der Waals surface area contributed by atoms with Crippen molar-refractivity contribution in [3.05, 3.63) is 47.7 Å². The molecule has 1 aromatic carbocycles. The van der Waals surface area contributed by atoms with E-state index in [-0.39, 0.29) is 17.3 Å². The zero-order chi connectivity index (χ0) is 19.5. The van der Waals surface area contributed by atoms with Gasteiger partial charge in [-0.2, -0.15) is 0 Å². The average molecular weight is 379 g/mol. The van der Waals surface area contributed by atoms with Crippen LogP contribution >= 0.6 is 0 Å². The number of hydrogen-bond acceptors (Lipinski definition) is 5. The normalized spacial score (nSPS) is 25.0. The van der Waals surface area contributed by atoms with Crippen LogP contribution in [0.5, 0.6) is 11.6 Å². The van der Waals surface area contributed by atoms with Crippen molar-refractivity contribution in [1.29, 1.82) is 0 Å². The van der Waals surface area contributed by atoms with Gasteiger partial charge in [0.2, 0.25) is 0 Å². The summed E-state index contributed by atoms with van der Waals surface area (Å²) in [6, 6.07) is 10.6. The standard InChI is InChI=1S/C22H26BNO4/c1-21(2)22(3,4)28-23(27-21)17-11-18-20(24-12-17)26-19(13-25-18)16-9-7-15(8-10-16)14-5-6-14/h7-12,14,19H,5-6,13H2,1-4H3. The average Bonchev–Trinajstić information content (AvgIpc) is 3.48. The minimum Gasteiger partial charge on any atom is -0.484 e. The summed E-state index contributed by atoms with van der Waals surface area (Å²) in [6.07, 6.45) is 4.23. The van der Waals surface area contributed by atoms with E-state index in [0.717, 1.165) is 16.9 Å². The molecular weight excluding hydrogens is 353 g/mol. The van der Waals surface area contributed by atoms with Crippen molar-refractivity contribution in [2.75, 3.05) is 6.61 Å². The van der Waals surface area contributed by atoms with Gasteiger partial charge in [0.15, 0.2) is 11.9 Å². The fourth-order valence-corrected chi connectivity index (χ4v) is 3.65. The molecule has 0 amide bonds. The molecule has 1 aliphatic carbocycles. The number of fused-ring (bicyclic) bond motifs is 1. The molecule has 6 heteroatoms. The van der Waals surface area contributed by atoms with Gasteiger partial charge in [-0.1, -0.05) is 24.3 Å². The van der Waals surface area contributed by atoms with E-state index in [1.807, 2.05) is 33.8 Å². The van der Waals surface area contributed by atoms with Crippen LogP contribution < -0.4 is 14.9 Å². The molecule has 0 N–H and O–H groups in total. The van der Waals surface area contributed by atoms with E-state index < -0.39 is 7.12 Å². The van der Waals surface area contributed by atoms with Crippen molar-refractivity contribution in [2.24, 2.45) is 0 Å². The smallest absolute Gasteiger partial charge is 0.484 e. The number of pyridine rings is 1. The Bertz CT molecular complexity index is 876. The topological polar surface area (TPSA) is 49.8 Å². The monoisotopic (exact) mass is 379 g/mol. The lowest BCUT2D eigenvalue weighted by molar-refractivity contribution is 0.00578. The van der Waals surface area contributed by atoms with E-state index in [0.29, 0.717) is 18.2 Å². The molecule has 1 aromatic heterocycles. The van der Waals surface area contributed by atoms with Crippen molar-refractivity contribution in [1.82, 2.24) is 4.98 Å². The van der Waals surface area contributed by atoms with Gasteiger partial charge in [0, 0.05) is 11.7 Å². The van der Waals surface area contributed by atoms with Crippen LogP contribution in [0.2, 0.25) is 0 Å². The highest BCUT2D eigenvalue weighted by atomic mass is 16.7. The van der Waals surface area contributed by atoms with E-state index in [1.165, 1.54) is 18.4 Å². The van der Waals surface area contributed by atoms with E-state index >= 15 is 0 Å². The summed E-state index contributed by atoms with van der Waals surface area (Å²) >= 11 is 0. The van der Waals surface area contributed by atoms with Crippen LogP contribution in [0, 0.1) is 0 Å². The summed E-state index contributed by atoms with van der Waals surface area (Å²) in [4.78, 5) is 4.48. The molecule has 0 bridgehead atoms. The highest BCUT2D eigenvalue weighted by molar-refractivity contribution is 6.62. The molecule has 2 aliphatic heterocycles. The first-order valence-electron chi connectivity index (χ1n) is 10.1. The zero-order valence-electron chi connectivity index (χ0n) is 16.9. The third-order valence-corrected chi connectivity index (χ3v) is 6.37. The second-order valence-electron chi connectivity index (χ2n) is 9.02. The lowest BCUT2D eigenvalue weighted by atomic mass is 9.80. The maximum absolute atomic E-state index is 6.12. The van der Waals surface area contributed by atoms with Gasteiger partial charge >= 0.3 is 7.12 Å². The molecule has 1 saturated heterocycles. The van der Waals surface area contributed by atoms with E-state index in [2.05, 4.69) is 29.2 Å². The van der Waals surface area contributed by atoms with Gasteiger partial charge in [0.1, 0.15) is 6.61 Å². The molecule has 2 aromatic rings. The van der Waals surface area contributed by atoms with E-state index in [4.69, 9.17) is 18.8 Å². The fraction of sp³-hybridized carbons (Fsp3) is 0.500. The molecule has 28 heavy (non-hydrogen) atoms. The van der Waals surface area contributed by atoms with Gasteiger partial charge in [-0.25, -0.2) is 4.98 Å². The summed E-state index contributed by atoms with van der Waals surface area (Å²) in [7, 11) is -0.459. The lowest BCUT2D eigenvalue weighted by Gasteiger charge is -2.32. The first kappa shape index (κ1) is 18.0. The SMILES string of the molecule is CC1(C)OB(c2cnc3c(c2)OCC(c2ccc(C4CC4)cc2)O3)OC1(C)C. The molecule has 3 heterocycles. The first-order chi connectivity index (χ1) is 13.3. The number of aromatic nitrogens is 1. The van der Waals surface area contributed by atoms with Crippen molar-refractivity contribution >= 4 is 12.6 Å². The third-order valence-electron chi connectivity index (χ3n) is 6.37. The molecule has 5 nitrogen and oxygen atoms in total. The van der Waals surface area contributed by atoms with Gasteiger partial charge in [0.05, 0.1) is 11.2 Å². The van der Waals surface area contributed by atoms with Gasteiger partial charge in [0.25, 0.3) is 5.88 Å². The molecule has 2 fully saturated rings.